The Balaban J connectivity index is 1.95. The SMILES string of the molecule is CNC(C)c1cc2ccc(C#Cc3cnn(C)c3)n2c(=O)n1-c1ccccc1. The Labute approximate surface area is 163 Å². The van der Waals surface area contributed by atoms with Crippen molar-refractivity contribution in [2.75, 3.05) is 7.05 Å². The van der Waals surface area contributed by atoms with Crippen molar-refractivity contribution >= 4 is 5.52 Å². The van der Waals surface area contributed by atoms with Gasteiger partial charge in [-0.1, -0.05) is 24.1 Å². The standard InChI is InChI=1S/C22H21N5O/c1-16(23-2)21-13-20-12-11-19(10-9-17-14-24-25(3)15-17)26(20)22(28)27(21)18-7-5-4-6-8-18/h4-8,11-16,23H,1-3H3. The molecule has 0 aliphatic carbocycles. The van der Waals surface area contributed by atoms with Gasteiger partial charge in [-0.05, 0) is 50.2 Å². The molecule has 0 aliphatic heterocycles. The molecule has 4 rings (SSSR count). The van der Waals surface area contributed by atoms with Gasteiger partial charge in [0.05, 0.1) is 23.0 Å². The van der Waals surface area contributed by atoms with Crippen LogP contribution in [-0.4, -0.2) is 25.8 Å². The lowest BCUT2D eigenvalue weighted by Crippen LogP contribution is -2.31. The van der Waals surface area contributed by atoms with Crippen molar-refractivity contribution in [3.8, 4) is 17.5 Å². The quantitative estimate of drug-likeness (QED) is 0.563. The Morgan fingerprint density at radius 1 is 1.11 bits per heavy atom. The van der Waals surface area contributed by atoms with Crippen LogP contribution in [0.25, 0.3) is 11.2 Å². The summed E-state index contributed by atoms with van der Waals surface area (Å²) in [7, 11) is 3.73. The third kappa shape index (κ3) is 3.13. The van der Waals surface area contributed by atoms with Gasteiger partial charge in [-0.3, -0.25) is 13.6 Å². The molecule has 1 unspecified atom stereocenters. The predicted octanol–water partition coefficient (Wildman–Crippen LogP) is 2.50. The van der Waals surface area contributed by atoms with Gasteiger partial charge in [0.25, 0.3) is 0 Å². The summed E-state index contributed by atoms with van der Waals surface area (Å²) in [5.74, 6) is 6.19. The number of nitrogens with one attached hydrogen (secondary N) is 1. The van der Waals surface area contributed by atoms with Gasteiger partial charge in [-0.25, -0.2) is 4.79 Å². The molecule has 3 heterocycles. The lowest BCUT2D eigenvalue weighted by molar-refractivity contribution is 0.603. The van der Waals surface area contributed by atoms with Gasteiger partial charge in [0, 0.05) is 25.0 Å². The van der Waals surface area contributed by atoms with E-state index in [1.807, 2.05) is 75.7 Å². The fourth-order valence-corrected chi connectivity index (χ4v) is 3.23. The second kappa shape index (κ2) is 7.22. The van der Waals surface area contributed by atoms with E-state index in [9.17, 15) is 4.79 Å². The maximum absolute atomic E-state index is 13.5. The van der Waals surface area contributed by atoms with Crippen molar-refractivity contribution < 1.29 is 0 Å². The van der Waals surface area contributed by atoms with E-state index in [0.29, 0.717) is 5.69 Å². The van der Waals surface area contributed by atoms with E-state index in [4.69, 9.17) is 0 Å². The number of para-hydroxylation sites is 1. The Morgan fingerprint density at radius 3 is 2.57 bits per heavy atom. The number of hydrogen-bond donors (Lipinski definition) is 1. The molecule has 0 saturated heterocycles. The molecule has 3 aromatic heterocycles. The minimum absolute atomic E-state index is 0.0118. The average molecular weight is 371 g/mol. The normalized spacial score (nSPS) is 12.0. The highest BCUT2D eigenvalue weighted by Crippen LogP contribution is 2.19. The van der Waals surface area contributed by atoms with Crippen LogP contribution in [0.15, 0.2) is 65.7 Å². The Bertz CT molecular complexity index is 1250. The molecule has 0 amide bonds. The summed E-state index contributed by atoms with van der Waals surface area (Å²) in [5, 5.41) is 7.36. The lowest BCUT2D eigenvalue weighted by Gasteiger charge is -2.19. The first-order valence-corrected chi connectivity index (χ1v) is 9.09. The summed E-state index contributed by atoms with van der Waals surface area (Å²) >= 11 is 0. The van der Waals surface area contributed by atoms with Crippen molar-refractivity contribution in [2.24, 2.45) is 7.05 Å². The van der Waals surface area contributed by atoms with Crippen LogP contribution < -0.4 is 11.0 Å². The van der Waals surface area contributed by atoms with Crippen molar-refractivity contribution in [3.63, 3.8) is 0 Å². The first-order valence-electron chi connectivity index (χ1n) is 9.09. The van der Waals surface area contributed by atoms with Crippen LogP contribution in [0, 0.1) is 11.8 Å². The van der Waals surface area contributed by atoms with Gasteiger partial charge in [0.1, 0.15) is 5.69 Å². The third-order valence-corrected chi connectivity index (χ3v) is 4.78. The number of nitrogens with zero attached hydrogens (tertiary/aromatic N) is 4. The molecule has 0 aliphatic rings. The van der Waals surface area contributed by atoms with Crippen molar-refractivity contribution in [2.45, 2.75) is 13.0 Å². The van der Waals surface area contributed by atoms with E-state index in [0.717, 1.165) is 22.5 Å². The average Bonchev–Trinajstić information content (AvgIpc) is 3.32. The second-order valence-corrected chi connectivity index (χ2v) is 6.66. The molecule has 6 nitrogen and oxygen atoms in total. The molecule has 0 radical (unpaired) electrons. The molecule has 4 aromatic rings. The Morgan fingerprint density at radius 2 is 1.89 bits per heavy atom. The van der Waals surface area contributed by atoms with Gasteiger partial charge >= 0.3 is 5.69 Å². The first-order chi connectivity index (χ1) is 13.6. The van der Waals surface area contributed by atoms with Crippen LogP contribution in [0.1, 0.15) is 29.9 Å². The number of hydrogen-bond acceptors (Lipinski definition) is 3. The van der Waals surface area contributed by atoms with E-state index < -0.39 is 0 Å². The number of fused-ring (bicyclic) bond motifs is 1. The van der Waals surface area contributed by atoms with Crippen LogP contribution in [0.4, 0.5) is 0 Å². The van der Waals surface area contributed by atoms with Crippen molar-refractivity contribution in [1.29, 1.82) is 0 Å². The van der Waals surface area contributed by atoms with Gasteiger partial charge in [0.2, 0.25) is 0 Å². The fraction of sp³-hybridized carbons (Fsp3) is 0.182. The molecule has 0 bridgehead atoms. The van der Waals surface area contributed by atoms with Crippen LogP contribution in [0.2, 0.25) is 0 Å². The maximum atomic E-state index is 13.5. The van der Waals surface area contributed by atoms with Gasteiger partial charge < -0.3 is 5.32 Å². The Kier molecular flexibility index (Phi) is 4.60. The van der Waals surface area contributed by atoms with E-state index in [1.54, 1.807) is 19.8 Å². The zero-order valence-electron chi connectivity index (χ0n) is 16.0. The lowest BCUT2D eigenvalue weighted by atomic mass is 10.2. The van der Waals surface area contributed by atoms with E-state index in [-0.39, 0.29) is 11.7 Å². The largest absolute Gasteiger partial charge is 0.338 e. The van der Waals surface area contributed by atoms with Crippen LogP contribution in [0.3, 0.4) is 0 Å². The molecule has 1 aromatic carbocycles. The third-order valence-electron chi connectivity index (χ3n) is 4.78. The van der Waals surface area contributed by atoms with E-state index >= 15 is 0 Å². The summed E-state index contributed by atoms with van der Waals surface area (Å²) in [4.78, 5) is 13.5. The number of rotatable bonds is 3. The second-order valence-electron chi connectivity index (χ2n) is 6.66. The number of benzene rings is 1. The van der Waals surface area contributed by atoms with Gasteiger partial charge in [-0.15, -0.1) is 0 Å². The highest BCUT2D eigenvalue weighted by atomic mass is 16.1. The van der Waals surface area contributed by atoms with E-state index in [1.165, 1.54) is 0 Å². The molecular formula is C22H21N5O. The summed E-state index contributed by atoms with van der Waals surface area (Å²) in [5.41, 5.74) is 3.87. The van der Waals surface area contributed by atoms with Crippen LogP contribution in [0.5, 0.6) is 0 Å². The minimum atomic E-state index is -0.138. The molecular weight excluding hydrogens is 350 g/mol. The first kappa shape index (κ1) is 17.8. The number of aryl methyl sites for hydroxylation is 1. The summed E-state index contributed by atoms with van der Waals surface area (Å²) in [6.07, 6.45) is 3.55. The minimum Gasteiger partial charge on any atom is -0.312 e. The monoisotopic (exact) mass is 371 g/mol. The fourth-order valence-electron chi connectivity index (χ4n) is 3.23. The topological polar surface area (TPSA) is 56.3 Å². The van der Waals surface area contributed by atoms with Gasteiger partial charge in [0.15, 0.2) is 0 Å². The number of aromatic nitrogens is 4. The van der Waals surface area contributed by atoms with Crippen LogP contribution >= 0.6 is 0 Å². The van der Waals surface area contributed by atoms with Crippen molar-refractivity contribution in [3.05, 3.63) is 88.4 Å². The molecule has 6 heteroatoms. The smallest absolute Gasteiger partial charge is 0.312 e. The molecule has 1 N–H and O–H groups in total. The summed E-state index contributed by atoms with van der Waals surface area (Å²) in [6.45, 7) is 2.04. The van der Waals surface area contributed by atoms with Crippen LogP contribution in [-0.2, 0) is 7.05 Å². The van der Waals surface area contributed by atoms with Crippen molar-refractivity contribution in [1.82, 2.24) is 24.1 Å². The maximum Gasteiger partial charge on any atom is 0.338 e. The molecule has 0 saturated carbocycles. The summed E-state index contributed by atoms with van der Waals surface area (Å²) in [6, 6.07) is 15.5. The highest BCUT2D eigenvalue weighted by molar-refractivity contribution is 5.56. The van der Waals surface area contributed by atoms with Gasteiger partial charge in [-0.2, -0.15) is 5.10 Å². The molecule has 1 atom stereocenters. The molecule has 140 valence electrons. The summed E-state index contributed by atoms with van der Waals surface area (Å²) < 4.78 is 5.10. The molecule has 28 heavy (non-hydrogen) atoms. The van der Waals surface area contributed by atoms with E-state index in [2.05, 4.69) is 22.3 Å². The zero-order chi connectivity index (χ0) is 19.7. The molecule has 0 spiro atoms. The predicted molar refractivity (Wildman–Crippen MR) is 110 cm³/mol. The highest BCUT2D eigenvalue weighted by Gasteiger charge is 2.16. The molecule has 0 fully saturated rings. The zero-order valence-corrected chi connectivity index (χ0v) is 16.0. The Hall–Kier alpha value is -3.56.